The zero-order valence-corrected chi connectivity index (χ0v) is 9.78. The standard InChI is InChI=1S/C12H11NS2/c14-12(11-7-4-8-13-11)15-9-10-5-2-1-3-6-10/h1-8,13H,9H2. The molecule has 0 aliphatic carbocycles. The molecule has 2 aromatic rings. The van der Waals surface area contributed by atoms with Gasteiger partial charge in [-0.05, 0) is 17.7 Å². The molecular weight excluding hydrogens is 222 g/mol. The Morgan fingerprint density at radius 1 is 1.13 bits per heavy atom. The summed E-state index contributed by atoms with van der Waals surface area (Å²) in [5.41, 5.74) is 2.34. The molecule has 0 spiro atoms. The maximum absolute atomic E-state index is 5.31. The lowest BCUT2D eigenvalue weighted by molar-refractivity contribution is 1.39. The molecule has 1 aromatic heterocycles. The largest absolute Gasteiger partial charge is 0.360 e. The molecule has 0 saturated heterocycles. The lowest BCUT2D eigenvalue weighted by Crippen LogP contribution is -1.92. The molecule has 0 fully saturated rings. The molecule has 3 heteroatoms. The average molecular weight is 233 g/mol. The van der Waals surface area contributed by atoms with Gasteiger partial charge in [-0.15, -0.1) is 11.8 Å². The van der Waals surface area contributed by atoms with Gasteiger partial charge >= 0.3 is 0 Å². The number of benzene rings is 1. The van der Waals surface area contributed by atoms with Crippen molar-refractivity contribution >= 4 is 28.2 Å². The molecule has 0 radical (unpaired) electrons. The van der Waals surface area contributed by atoms with Gasteiger partial charge in [-0.2, -0.15) is 0 Å². The van der Waals surface area contributed by atoms with Gasteiger partial charge in [0.25, 0.3) is 0 Å². The van der Waals surface area contributed by atoms with Crippen LogP contribution < -0.4 is 0 Å². The third-order valence-electron chi connectivity index (χ3n) is 2.03. The second-order valence-corrected chi connectivity index (χ2v) is 4.80. The first kappa shape index (κ1) is 10.5. The summed E-state index contributed by atoms with van der Waals surface area (Å²) in [5.74, 6) is 0.929. The quantitative estimate of drug-likeness (QED) is 0.815. The Labute approximate surface area is 98.9 Å². The minimum absolute atomic E-state index is 0.920. The molecule has 0 atom stereocenters. The van der Waals surface area contributed by atoms with E-state index in [0.29, 0.717) is 0 Å². The highest BCUT2D eigenvalue weighted by atomic mass is 32.2. The first-order chi connectivity index (χ1) is 7.36. The van der Waals surface area contributed by atoms with Gasteiger partial charge in [-0.1, -0.05) is 42.5 Å². The van der Waals surface area contributed by atoms with Gasteiger partial charge < -0.3 is 4.98 Å². The molecule has 76 valence electrons. The van der Waals surface area contributed by atoms with Crippen molar-refractivity contribution in [1.82, 2.24) is 4.98 Å². The molecule has 1 heterocycles. The fourth-order valence-electron chi connectivity index (χ4n) is 1.26. The Morgan fingerprint density at radius 2 is 1.93 bits per heavy atom. The van der Waals surface area contributed by atoms with Crippen molar-refractivity contribution in [1.29, 1.82) is 0 Å². The van der Waals surface area contributed by atoms with Gasteiger partial charge in [0.1, 0.15) is 0 Å². The summed E-state index contributed by atoms with van der Waals surface area (Å²) in [6.07, 6.45) is 1.89. The Morgan fingerprint density at radius 3 is 2.60 bits per heavy atom. The zero-order valence-electron chi connectivity index (χ0n) is 8.14. The fourth-order valence-corrected chi connectivity index (χ4v) is 2.33. The van der Waals surface area contributed by atoms with Crippen LogP contribution in [-0.4, -0.2) is 9.18 Å². The Hall–Kier alpha value is -1.06. The third kappa shape index (κ3) is 2.94. The third-order valence-corrected chi connectivity index (χ3v) is 3.56. The molecular formula is C12H11NS2. The molecule has 1 nitrogen and oxygen atoms in total. The molecule has 0 aliphatic heterocycles. The molecule has 2 rings (SSSR count). The summed E-state index contributed by atoms with van der Waals surface area (Å²) in [7, 11) is 0. The monoisotopic (exact) mass is 233 g/mol. The predicted octanol–water partition coefficient (Wildman–Crippen LogP) is 3.62. The number of thioether (sulfide) groups is 1. The zero-order chi connectivity index (χ0) is 10.5. The van der Waals surface area contributed by atoms with E-state index in [1.54, 1.807) is 11.8 Å². The Kier molecular flexibility index (Phi) is 3.59. The van der Waals surface area contributed by atoms with Crippen LogP contribution in [-0.2, 0) is 5.75 Å². The van der Waals surface area contributed by atoms with Crippen LogP contribution in [0.15, 0.2) is 48.7 Å². The van der Waals surface area contributed by atoms with Gasteiger partial charge in [-0.25, -0.2) is 0 Å². The van der Waals surface area contributed by atoms with E-state index in [4.69, 9.17) is 12.2 Å². The minimum atomic E-state index is 0.920. The summed E-state index contributed by atoms with van der Waals surface area (Å²) in [5, 5.41) is 0. The number of hydrogen-bond acceptors (Lipinski definition) is 2. The van der Waals surface area contributed by atoms with Crippen molar-refractivity contribution in [3.8, 4) is 0 Å². The van der Waals surface area contributed by atoms with Gasteiger partial charge in [0.05, 0.1) is 9.89 Å². The van der Waals surface area contributed by atoms with Gasteiger partial charge in [0.2, 0.25) is 0 Å². The second kappa shape index (κ2) is 5.14. The van der Waals surface area contributed by atoms with Crippen molar-refractivity contribution in [2.24, 2.45) is 0 Å². The minimum Gasteiger partial charge on any atom is -0.360 e. The van der Waals surface area contributed by atoms with Crippen LogP contribution in [0.5, 0.6) is 0 Å². The molecule has 0 amide bonds. The summed E-state index contributed by atoms with van der Waals surface area (Å²) in [6, 6.07) is 14.3. The van der Waals surface area contributed by atoms with Crippen molar-refractivity contribution in [2.45, 2.75) is 5.75 Å². The molecule has 0 aliphatic rings. The smallest absolute Gasteiger partial charge is 0.0944 e. The van der Waals surface area contributed by atoms with E-state index in [1.165, 1.54) is 5.56 Å². The van der Waals surface area contributed by atoms with E-state index in [0.717, 1.165) is 15.6 Å². The van der Waals surface area contributed by atoms with Crippen LogP contribution in [0.2, 0.25) is 0 Å². The number of hydrogen-bond donors (Lipinski definition) is 1. The van der Waals surface area contributed by atoms with Crippen LogP contribution in [0.4, 0.5) is 0 Å². The number of aromatic amines is 1. The number of rotatable bonds is 3. The molecule has 0 unspecified atom stereocenters. The number of nitrogens with one attached hydrogen (secondary N) is 1. The topological polar surface area (TPSA) is 15.8 Å². The number of H-pyrrole nitrogens is 1. The normalized spacial score (nSPS) is 10.1. The van der Waals surface area contributed by atoms with E-state index in [9.17, 15) is 0 Å². The van der Waals surface area contributed by atoms with Gasteiger partial charge in [0.15, 0.2) is 0 Å². The van der Waals surface area contributed by atoms with E-state index in [2.05, 4.69) is 17.1 Å². The van der Waals surface area contributed by atoms with E-state index in [-0.39, 0.29) is 0 Å². The summed E-state index contributed by atoms with van der Waals surface area (Å²) in [6.45, 7) is 0. The highest BCUT2D eigenvalue weighted by molar-refractivity contribution is 8.23. The predicted molar refractivity (Wildman–Crippen MR) is 70.2 cm³/mol. The molecule has 0 saturated carbocycles. The van der Waals surface area contributed by atoms with Crippen LogP contribution in [0.25, 0.3) is 0 Å². The maximum atomic E-state index is 5.31. The van der Waals surface area contributed by atoms with Crippen molar-refractivity contribution in [3.63, 3.8) is 0 Å². The average Bonchev–Trinajstić information content (AvgIpc) is 2.81. The van der Waals surface area contributed by atoms with Crippen molar-refractivity contribution < 1.29 is 0 Å². The van der Waals surface area contributed by atoms with Crippen LogP contribution in [0.1, 0.15) is 11.3 Å². The Balaban J connectivity index is 1.92. The van der Waals surface area contributed by atoms with Crippen LogP contribution in [0.3, 0.4) is 0 Å². The lowest BCUT2D eigenvalue weighted by Gasteiger charge is -2.01. The first-order valence-electron chi connectivity index (χ1n) is 4.71. The maximum Gasteiger partial charge on any atom is 0.0944 e. The van der Waals surface area contributed by atoms with Crippen molar-refractivity contribution in [3.05, 3.63) is 59.9 Å². The van der Waals surface area contributed by atoms with E-state index >= 15 is 0 Å². The van der Waals surface area contributed by atoms with Crippen LogP contribution in [0, 0.1) is 0 Å². The summed E-state index contributed by atoms with van der Waals surface area (Å²) in [4.78, 5) is 3.11. The fraction of sp³-hybridized carbons (Fsp3) is 0.0833. The highest BCUT2D eigenvalue weighted by Crippen LogP contribution is 2.17. The van der Waals surface area contributed by atoms with Gasteiger partial charge in [0, 0.05) is 11.9 Å². The second-order valence-electron chi connectivity index (χ2n) is 3.15. The van der Waals surface area contributed by atoms with Crippen molar-refractivity contribution in [2.75, 3.05) is 0 Å². The molecule has 1 N–H and O–H groups in total. The van der Waals surface area contributed by atoms with E-state index < -0.39 is 0 Å². The molecule has 1 aromatic carbocycles. The highest BCUT2D eigenvalue weighted by Gasteiger charge is 2.02. The molecule has 0 bridgehead atoms. The summed E-state index contributed by atoms with van der Waals surface area (Å²) < 4.78 is 0.920. The summed E-state index contributed by atoms with van der Waals surface area (Å²) >= 11 is 6.99. The van der Waals surface area contributed by atoms with Crippen LogP contribution >= 0.6 is 24.0 Å². The SMILES string of the molecule is S=C(SCc1ccccc1)c1ccc[nH]1. The van der Waals surface area contributed by atoms with E-state index in [1.807, 2.05) is 36.5 Å². The Bertz CT molecular complexity index is 420. The lowest BCUT2D eigenvalue weighted by atomic mass is 10.2. The van der Waals surface area contributed by atoms with Gasteiger partial charge in [-0.3, -0.25) is 0 Å². The number of thiocarbonyl (C=S) groups is 1. The molecule has 15 heavy (non-hydrogen) atoms. The first-order valence-corrected chi connectivity index (χ1v) is 6.10. The number of aromatic nitrogens is 1.